The molecule has 1 fully saturated rings. The molecule has 12 heteroatoms. The van der Waals surface area contributed by atoms with Crippen LogP contribution < -0.4 is 9.64 Å². The van der Waals surface area contributed by atoms with Crippen LogP contribution in [0.25, 0.3) is 10.9 Å². The number of amides is 1. The van der Waals surface area contributed by atoms with Gasteiger partial charge < -0.3 is 19.1 Å². The van der Waals surface area contributed by atoms with Crippen molar-refractivity contribution < 1.29 is 22.7 Å². The van der Waals surface area contributed by atoms with Gasteiger partial charge in [0.1, 0.15) is 11.8 Å². The van der Waals surface area contributed by atoms with Crippen molar-refractivity contribution in [2.75, 3.05) is 31.6 Å². The second-order valence-electron chi connectivity index (χ2n) is 8.63. The van der Waals surface area contributed by atoms with Crippen LogP contribution in [0.1, 0.15) is 30.1 Å². The number of ether oxygens (including phenoxy) is 1. The fraction of sp³-hybridized carbons (Fsp3) is 0.435. The molecule has 1 saturated heterocycles. The zero-order valence-corrected chi connectivity index (χ0v) is 18.9. The number of anilines is 1. The van der Waals surface area contributed by atoms with Crippen molar-refractivity contribution in [2.24, 2.45) is 5.92 Å². The molecule has 182 valence electrons. The molecule has 0 N–H and O–H groups in total. The van der Waals surface area contributed by atoms with Crippen molar-refractivity contribution in [3.8, 4) is 11.8 Å². The molecule has 1 amide bonds. The molecule has 3 aromatic rings. The second kappa shape index (κ2) is 8.72. The summed E-state index contributed by atoms with van der Waals surface area (Å²) in [5.74, 6) is -0.565. The summed E-state index contributed by atoms with van der Waals surface area (Å²) in [7, 11) is 1.58. The monoisotopic (exact) mass is 485 g/mol. The first-order chi connectivity index (χ1) is 16.8. The van der Waals surface area contributed by atoms with Gasteiger partial charge in [-0.25, -0.2) is 0 Å². The van der Waals surface area contributed by atoms with Crippen molar-refractivity contribution in [1.29, 1.82) is 5.26 Å². The first-order valence-electron chi connectivity index (χ1n) is 11.2. The van der Waals surface area contributed by atoms with Gasteiger partial charge in [0.15, 0.2) is 5.82 Å². The molecule has 0 radical (unpaired) electrons. The first kappa shape index (κ1) is 22.9. The lowest BCUT2D eigenvalue weighted by atomic mass is 9.93. The number of halogens is 3. The van der Waals surface area contributed by atoms with Crippen LogP contribution in [-0.4, -0.2) is 57.3 Å². The molecule has 4 heterocycles. The van der Waals surface area contributed by atoms with Gasteiger partial charge in [-0.1, -0.05) is 0 Å². The van der Waals surface area contributed by atoms with E-state index in [1.165, 1.54) is 0 Å². The Morgan fingerprint density at radius 2 is 1.94 bits per heavy atom. The third kappa shape index (κ3) is 4.11. The van der Waals surface area contributed by atoms with Crippen LogP contribution >= 0.6 is 0 Å². The minimum Gasteiger partial charge on any atom is -0.497 e. The lowest BCUT2D eigenvalue weighted by molar-refractivity contribution is -0.148. The Balaban J connectivity index is 1.31. The number of carbonyl (C=O) groups excluding carboxylic acids is 1. The molecular formula is C23H22F3N7O2. The van der Waals surface area contributed by atoms with E-state index < -0.39 is 12.0 Å². The molecule has 0 bridgehead atoms. The van der Waals surface area contributed by atoms with E-state index >= 15 is 0 Å². The summed E-state index contributed by atoms with van der Waals surface area (Å²) in [5, 5.41) is 17.4. The summed E-state index contributed by atoms with van der Waals surface area (Å²) >= 11 is 0. The number of nitrogens with zero attached hydrogens (tertiary/aromatic N) is 7. The number of rotatable bonds is 3. The van der Waals surface area contributed by atoms with E-state index in [9.17, 15) is 23.2 Å². The lowest BCUT2D eigenvalue weighted by Crippen LogP contribution is -2.45. The number of pyridine rings is 1. The molecule has 5 rings (SSSR count). The van der Waals surface area contributed by atoms with Crippen LogP contribution in [0.2, 0.25) is 0 Å². The molecule has 2 aromatic heterocycles. The summed E-state index contributed by atoms with van der Waals surface area (Å²) in [6, 6.07) is 7.73. The summed E-state index contributed by atoms with van der Waals surface area (Å²) in [4.78, 5) is 21.2. The first-order valence-corrected chi connectivity index (χ1v) is 11.2. The standard InChI is InChI=1S/C23H22F3N7O2/c1-35-16-2-3-18-17(10-16)20(15(11-27)12-28-18)31-6-4-14(5-7-31)21(34)32-8-9-33-19(13-32)29-30-22(33)23(24,25)26/h2-3,10,12,14H,4-9,13H2,1H3. The fourth-order valence-electron chi connectivity index (χ4n) is 4.87. The third-order valence-electron chi connectivity index (χ3n) is 6.65. The molecule has 2 aliphatic heterocycles. The number of hydrogen-bond acceptors (Lipinski definition) is 7. The van der Waals surface area contributed by atoms with Crippen molar-refractivity contribution >= 4 is 22.5 Å². The van der Waals surface area contributed by atoms with E-state index in [1.54, 1.807) is 18.2 Å². The highest BCUT2D eigenvalue weighted by Gasteiger charge is 2.40. The van der Waals surface area contributed by atoms with Crippen molar-refractivity contribution in [1.82, 2.24) is 24.6 Å². The van der Waals surface area contributed by atoms with E-state index in [2.05, 4.69) is 26.2 Å². The minimum atomic E-state index is -4.58. The average Bonchev–Trinajstić information content (AvgIpc) is 3.31. The smallest absolute Gasteiger partial charge is 0.451 e. The lowest BCUT2D eigenvalue weighted by Gasteiger charge is -2.37. The van der Waals surface area contributed by atoms with Gasteiger partial charge in [0, 0.05) is 43.7 Å². The second-order valence-corrected chi connectivity index (χ2v) is 8.63. The van der Waals surface area contributed by atoms with Crippen LogP contribution in [0.4, 0.5) is 18.9 Å². The van der Waals surface area contributed by atoms with Gasteiger partial charge in [-0.15, -0.1) is 10.2 Å². The van der Waals surface area contributed by atoms with Crippen LogP contribution in [-0.2, 0) is 24.1 Å². The molecule has 1 aromatic carbocycles. The maximum Gasteiger partial charge on any atom is 0.451 e. The molecule has 0 aliphatic carbocycles. The van der Waals surface area contributed by atoms with Crippen LogP contribution in [0.3, 0.4) is 0 Å². The Bertz CT molecular complexity index is 1320. The zero-order valence-electron chi connectivity index (χ0n) is 18.9. The number of alkyl halides is 3. The predicted octanol–water partition coefficient (Wildman–Crippen LogP) is 2.98. The van der Waals surface area contributed by atoms with Crippen molar-refractivity contribution in [2.45, 2.75) is 32.1 Å². The van der Waals surface area contributed by atoms with Crippen LogP contribution in [0.5, 0.6) is 5.75 Å². The summed E-state index contributed by atoms with van der Waals surface area (Å²) in [5.41, 5.74) is 1.97. The van der Waals surface area contributed by atoms with Gasteiger partial charge in [0.2, 0.25) is 11.7 Å². The number of benzene rings is 1. The normalized spacial score (nSPS) is 16.8. The van der Waals surface area contributed by atoms with E-state index in [1.807, 2.05) is 18.2 Å². The molecule has 0 atom stereocenters. The van der Waals surface area contributed by atoms with Gasteiger partial charge in [-0.2, -0.15) is 18.4 Å². The maximum atomic E-state index is 13.2. The highest BCUT2D eigenvalue weighted by molar-refractivity contribution is 5.95. The van der Waals surface area contributed by atoms with Gasteiger partial charge >= 0.3 is 6.18 Å². The van der Waals surface area contributed by atoms with E-state index in [0.29, 0.717) is 37.2 Å². The van der Waals surface area contributed by atoms with E-state index in [0.717, 1.165) is 21.2 Å². The third-order valence-corrected chi connectivity index (χ3v) is 6.65. The number of fused-ring (bicyclic) bond motifs is 2. The van der Waals surface area contributed by atoms with Crippen molar-refractivity contribution in [3.63, 3.8) is 0 Å². The fourth-order valence-corrected chi connectivity index (χ4v) is 4.87. The Morgan fingerprint density at radius 3 is 2.63 bits per heavy atom. The van der Waals surface area contributed by atoms with Gasteiger partial charge in [0.25, 0.3) is 0 Å². The van der Waals surface area contributed by atoms with E-state index in [-0.39, 0.29) is 37.3 Å². The minimum absolute atomic E-state index is 0.00942. The number of nitriles is 1. The zero-order chi connectivity index (χ0) is 24.7. The number of aromatic nitrogens is 4. The number of hydrogen-bond donors (Lipinski definition) is 0. The Morgan fingerprint density at radius 1 is 1.17 bits per heavy atom. The van der Waals surface area contributed by atoms with Gasteiger partial charge in [-0.3, -0.25) is 9.78 Å². The number of methoxy groups -OCH3 is 1. The number of piperidine rings is 1. The maximum absolute atomic E-state index is 13.2. The topological polar surface area (TPSA) is 100 Å². The highest BCUT2D eigenvalue weighted by Crippen LogP contribution is 2.35. The van der Waals surface area contributed by atoms with Crippen LogP contribution in [0, 0.1) is 17.2 Å². The highest BCUT2D eigenvalue weighted by atomic mass is 19.4. The largest absolute Gasteiger partial charge is 0.497 e. The Labute approximate surface area is 198 Å². The molecule has 35 heavy (non-hydrogen) atoms. The SMILES string of the molecule is COc1ccc2ncc(C#N)c(N3CCC(C(=O)N4CCn5c(nnc5C(F)(F)F)C4)CC3)c2c1. The van der Waals surface area contributed by atoms with E-state index in [4.69, 9.17) is 4.74 Å². The van der Waals surface area contributed by atoms with Gasteiger partial charge in [-0.05, 0) is 31.0 Å². The Hall–Kier alpha value is -3.88. The number of carbonyl (C=O) groups is 1. The van der Waals surface area contributed by atoms with Crippen LogP contribution in [0.15, 0.2) is 24.4 Å². The molecule has 0 saturated carbocycles. The molecule has 2 aliphatic rings. The summed E-state index contributed by atoms with van der Waals surface area (Å²) < 4.78 is 45.6. The summed E-state index contributed by atoms with van der Waals surface area (Å²) in [6.45, 7) is 1.32. The predicted molar refractivity (Wildman–Crippen MR) is 118 cm³/mol. The average molecular weight is 485 g/mol. The Kier molecular flexibility index (Phi) is 5.70. The quantitative estimate of drug-likeness (QED) is 0.562. The molecular weight excluding hydrogens is 463 g/mol. The molecule has 0 unspecified atom stereocenters. The summed E-state index contributed by atoms with van der Waals surface area (Å²) in [6.07, 6.45) is -1.89. The molecule has 9 nitrogen and oxygen atoms in total. The van der Waals surface area contributed by atoms with Crippen molar-refractivity contribution in [3.05, 3.63) is 41.6 Å². The van der Waals surface area contributed by atoms with Gasteiger partial charge in [0.05, 0.1) is 30.4 Å². The molecule has 0 spiro atoms.